The Morgan fingerprint density at radius 1 is 1.50 bits per heavy atom. The van der Waals surface area contributed by atoms with Crippen molar-refractivity contribution in [3.8, 4) is 0 Å². The minimum Gasteiger partial charge on any atom is -0.361 e. The summed E-state index contributed by atoms with van der Waals surface area (Å²) in [5.74, 6) is 1.41. The highest BCUT2D eigenvalue weighted by Gasteiger charge is 2.22. The number of rotatable bonds is 4. The van der Waals surface area contributed by atoms with Crippen LogP contribution in [-0.2, 0) is 11.2 Å². The molecule has 1 atom stereocenters. The smallest absolute Gasteiger partial charge is 0.228 e. The van der Waals surface area contributed by atoms with E-state index in [0.29, 0.717) is 5.76 Å². The zero-order valence-corrected chi connectivity index (χ0v) is 12.5. The third kappa shape index (κ3) is 3.60. The summed E-state index contributed by atoms with van der Waals surface area (Å²) in [7, 11) is 0. The molecule has 3 heterocycles. The molecule has 2 aromatic rings. The maximum Gasteiger partial charge on any atom is 0.228 e. The standard InChI is InChI=1S/C15H19N5O2/c1-11-7-13(22-19-11)8-15(21)18-12-3-2-6-20(10-12)14-9-16-4-5-17-14/h4-5,7,9,12H,2-3,6,8,10H2,1H3,(H,18,21)/t12-/m0/s1. The van der Waals surface area contributed by atoms with E-state index in [4.69, 9.17) is 4.52 Å². The van der Waals surface area contributed by atoms with Crippen molar-refractivity contribution in [3.63, 3.8) is 0 Å². The van der Waals surface area contributed by atoms with Crippen molar-refractivity contribution in [2.75, 3.05) is 18.0 Å². The van der Waals surface area contributed by atoms with Crippen LogP contribution in [0.3, 0.4) is 0 Å². The lowest BCUT2D eigenvalue weighted by Gasteiger charge is -2.33. The highest BCUT2D eigenvalue weighted by molar-refractivity contribution is 5.78. The van der Waals surface area contributed by atoms with E-state index in [-0.39, 0.29) is 18.4 Å². The molecular formula is C15H19N5O2. The monoisotopic (exact) mass is 301 g/mol. The third-order valence-corrected chi connectivity index (χ3v) is 3.67. The predicted molar refractivity (Wildman–Crippen MR) is 80.4 cm³/mol. The maximum atomic E-state index is 12.1. The quantitative estimate of drug-likeness (QED) is 0.910. The predicted octanol–water partition coefficient (Wildman–Crippen LogP) is 1.10. The molecule has 1 saturated heterocycles. The number of nitrogens with one attached hydrogen (secondary N) is 1. The molecule has 0 aromatic carbocycles. The van der Waals surface area contributed by atoms with Crippen LogP contribution in [-0.4, -0.2) is 40.2 Å². The first kappa shape index (κ1) is 14.5. The number of carbonyl (C=O) groups is 1. The molecule has 3 rings (SSSR count). The lowest BCUT2D eigenvalue weighted by Crippen LogP contribution is -2.48. The lowest BCUT2D eigenvalue weighted by molar-refractivity contribution is -0.121. The molecule has 0 aliphatic carbocycles. The number of aromatic nitrogens is 3. The minimum atomic E-state index is -0.0397. The van der Waals surface area contributed by atoms with Gasteiger partial charge in [0, 0.05) is 37.6 Å². The van der Waals surface area contributed by atoms with E-state index in [0.717, 1.165) is 37.4 Å². The minimum absolute atomic E-state index is 0.0397. The van der Waals surface area contributed by atoms with Crippen molar-refractivity contribution >= 4 is 11.7 Å². The van der Waals surface area contributed by atoms with Gasteiger partial charge in [-0.05, 0) is 19.8 Å². The zero-order chi connectivity index (χ0) is 15.4. The Kier molecular flexibility index (Phi) is 4.32. The van der Waals surface area contributed by atoms with Crippen LogP contribution in [0.1, 0.15) is 24.3 Å². The number of anilines is 1. The molecule has 116 valence electrons. The van der Waals surface area contributed by atoms with Crippen LogP contribution in [0.15, 0.2) is 29.2 Å². The summed E-state index contributed by atoms with van der Waals surface area (Å²) in [4.78, 5) is 22.6. The van der Waals surface area contributed by atoms with Crippen molar-refractivity contribution in [2.24, 2.45) is 0 Å². The van der Waals surface area contributed by atoms with E-state index >= 15 is 0 Å². The van der Waals surface area contributed by atoms with Crippen LogP contribution in [0.25, 0.3) is 0 Å². The molecule has 1 amide bonds. The summed E-state index contributed by atoms with van der Waals surface area (Å²) in [5, 5.41) is 6.85. The van der Waals surface area contributed by atoms with Crippen molar-refractivity contribution in [1.82, 2.24) is 20.4 Å². The summed E-state index contributed by atoms with van der Waals surface area (Å²) < 4.78 is 5.08. The Balaban J connectivity index is 1.55. The van der Waals surface area contributed by atoms with Crippen molar-refractivity contribution in [2.45, 2.75) is 32.2 Å². The second kappa shape index (κ2) is 6.55. The van der Waals surface area contributed by atoms with Crippen molar-refractivity contribution < 1.29 is 9.32 Å². The van der Waals surface area contributed by atoms with Gasteiger partial charge in [-0.15, -0.1) is 0 Å². The molecule has 7 nitrogen and oxygen atoms in total. The normalized spacial score (nSPS) is 18.2. The Bertz CT molecular complexity index is 628. The van der Waals surface area contributed by atoms with Crippen LogP contribution < -0.4 is 10.2 Å². The second-order valence-electron chi connectivity index (χ2n) is 5.53. The van der Waals surface area contributed by atoms with E-state index in [2.05, 4.69) is 25.3 Å². The van der Waals surface area contributed by atoms with Gasteiger partial charge in [0.05, 0.1) is 18.3 Å². The van der Waals surface area contributed by atoms with Crippen molar-refractivity contribution in [1.29, 1.82) is 0 Å². The van der Waals surface area contributed by atoms with Crippen LogP contribution >= 0.6 is 0 Å². The number of aryl methyl sites for hydroxylation is 1. The van der Waals surface area contributed by atoms with Crippen LogP contribution in [0.2, 0.25) is 0 Å². The van der Waals surface area contributed by atoms with Gasteiger partial charge < -0.3 is 14.7 Å². The number of carbonyl (C=O) groups excluding carboxylic acids is 1. The van der Waals surface area contributed by atoms with Crippen molar-refractivity contribution in [3.05, 3.63) is 36.1 Å². The Morgan fingerprint density at radius 2 is 2.41 bits per heavy atom. The Morgan fingerprint density at radius 3 is 3.14 bits per heavy atom. The van der Waals surface area contributed by atoms with Gasteiger partial charge in [-0.1, -0.05) is 5.16 Å². The fourth-order valence-corrected chi connectivity index (χ4v) is 2.69. The van der Waals surface area contributed by atoms with Crippen LogP contribution in [0.5, 0.6) is 0 Å². The van der Waals surface area contributed by atoms with E-state index in [1.54, 1.807) is 24.7 Å². The van der Waals surface area contributed by atoms with E-state index in [9.17, 15) is 4.79 Å². The lowest BCUT2D eigenvalue weighted by atomic mass is 10.1. The van der Waals surface area contributed by atoms with Gasteiger partial charge in [-0.2, -0.15) is 0 Å². The second-order valence-corrected chi connectivity index (χ2v) is 5.53. The SMILES string of the molecule is Cc1cc(CC(=O)N[C@H]2CCCN(c3cnccn3)C2)on1. The number of hydrogen-bond donors (Lipinski definition) is 1. The van der Waals surface area contributed by atoms with Gasteiger partial charge in [-0.3, -0.25) is 9.78 Å². The van der Waals surface area contributed by atoms with E-state index < -0.39 is 0 Å². The molecule has 2 aromatic heterocycles. The van der Waals surface area contributed by atoms with Gasteiger partial charge in [0.2, 0.25) is 5.91 Å². The Labute approximate surface area is 128 Å². The van der Waals surface area contributed by atoms with Gasteiger partial charge in [-0.25, -0.2) is 4.98 Å². The third-order valence-electron chi connectivity index (χ3n) is 3.67. The van der Waals surface area contributed by atoms with Crippen LogP contribution in [0, 0.1) is 6.92 Å². The summed E-state index contributed by atoms with van der Waals surface area (Å²) in [6, 6.07) is 1.90. The Hall–Kier alpha value is -2.44. The van der Waals surface area contributed by atoms with Gasteiger partial charge >= 0.3 is 0 Å². The molecule has 1 N–H and O–H groups in total. The summed E-state index contributed by atoms with van der Waals surface area (Å²) in [6.07, 6.45) is 7.31. The van der Waals surface area contributed by atoms with Gasteiger partial charge in [0.25, 0.3) is 0 Å². The fraction of sp³-hybridized carbons (Fsp3) is 0.467. The summed E-state index contributed by atoms with van der Waals surface area (Å²) >= 11 is 0. The molecule has 1 aliphatic heterocycles. The number of piperidine rings is 1. The van der Waals surface area contributed by atoms with E-state index in [1.807, 2.05) is 6.92 Å². The highest BCUT2D eigenvalue weighted by atomic mass is 16.5. The number of amides is 1. The maximum absolute atomic E-state index is 12.1. The molecule has 22 heavy (non-hydrogen) atoms. The van der Waals surface area contributed by atoms with Gasteiger partial charge in [0.15, 0.2) is 0 Å². The van der Waals surface area contributed by atoms with Gasteiger partial charge in [0.1, 0.15) is 11.6 Å². The molecule has 0 spiro atoms. The molecule has 0 saturated carbocycles. The molecule has 7 heteroatoms. The average molecular weight is 301 g/mol. The first-order valence-electron chi connectivity index (χ1n) is 7.43. The summed E-state index contributed by atoms with van der Waals surface area (Å²) in [5.41, 5.74) is 0.786. The average Bonchev–Trinajstić information content (AvgIpc) is 2.93. The zero-order valence-electron chi connectivity index (χ0n) is 12.5. The largest absolute Gasteiger partial charge is 0.361 e. The highest BCUT2D eigenvalue weighted by Crippen LogP contribution is 2.16. The van der Waals surface area contributed by atoms with Crippen LogP contribution in [0.4, 0.5) is 5.82 Å². The molecule has 0 unspecified atom stereocenters. The fourth-order valence-electron chi connectivity index (χ4n) is 2.69. The number of nitrogens with zero attached hydrogens (tertiary/aromatic N) is 4. The first-order chi connectivity index (χ1) is 10.7. The molecular weight excluding hydrogens is 282 g/mol. The molecule has 1 aliphatic rings. The molecule has 0 bridgehead atoms. The topological polar surface area (TPSA) is 84.2 Å². The number of hydrogen-bond acceptors (Lipinski definition) is 6. The molecule has 1 fully saturated rings. The first-order valence-corrected chi connectivity index (χ1v) is 7.43. The summed E-state index contributed by atoms with van der Waals surface area (Å²) in [6.45, 7) is 3.52. The molecule has 0 radical (unpaired) electrons. The van der Waals surface area contributed by atoms with E-state index in [1.165, 1.54) is 0 Å².